The Morgan fingerprint density at radius 2 is 1.96 bits per heavy atom. The van der Waals surface area contributed by atoms with Crippen molar-refractivity contribution >= 4 is 32.5 Å². The number of benzene rings is 1. The zero-order valence-electron chi connectivity index (χ0n) is 14.9. The number of nitrogens with zero attached hydrogens (tertiary/aromatic N) is 2. The van der Waals surface area contributed by atoms with Crippen molar-refractivity contribution in [1.29, 1.82) is 0 Å². The number of anilines is 2. The number of fused-ring (bicyclic) bond motifs is 1. The lowest BCUT2D eigenvalue weighted by molar-refractivity contribution is 0.328. The lowest BCUT2D eigenvalue weighted by Gasteiger charge is -2.28. The molecule has 2 aromatic heterocycles. The molecule has 0 saturated heterocycles. The van der Waals surface area contributed by atoms with Crippen molar-refractivity contribution in [3.8, 4) is 11.5 Å². The maximum Gasteiger partial charge on any atom is 0.184 e. The van der Waals surface area contributed by atoms with Crippen LogP contribution in [-0.2, 0) is 0 Å². The first-order valence-corrected chi connectivity index (χ1v) is 10.1. The van der Waals surface area contributed by atoms with E-state index in [1.165, 1.54) is 32.1 Å². The molecule has 0 spiro atoms. The van der Waals surface area contributed by atoms with E-state index in [2.05, 4.69) is 17.2 Å². The van der Waals surface area contributed by atoms with Crippen molar-refractivity contribution in [3.63, 3.8) is 0 Å². The SMILES string of the molecule is C[C@H](Nc1nc2ccc(Oc3ccc(N)nc3)cc2s1)C1CCCCC1. The summed E-state index contributed by atoms with van der Waals surface area (Å²) in [5, 5.41) is 4.61. The van der Waals surface area contributed by atoms with E-state index in [1.807, 2.05) is 24.3 Å². The minimum absolute atomic E-state index is 0.465. The lowest BCUT2D eigenvalue weighted by Crippen LogP contribution is -2.27. The number of nitrogens with one attached hydrogen (secondary N) is 1. The Balaban J connectivity index is 1.47. The fraction of sp³-hybridized carbons (Fsp3) is 0.400. The first-order valence-electron chi connectivity index (χ1n) is 9.24. The number of pyridine rings is 1. The number of rotatable bonds is 5. The van der Waals surface area contributed by atoms with E-state index in [1.54, 1.807) is 23.6 Å². The van der Waals surface area contributed by atoms with Crippen LogP contribution < -0.4 is 15.8 Å². The molecule has 2 heterocycles. The fourth-order valence-corrected chi connectivity index (χ4v) is 4.56. The molecule has 1 aliphatic carbocycles. The number of nitrogens with two attached hydrogens (primary N) is 1. The standard InChI is InChI=1S/C20H24N4OS/c1-13(14-5-3-2-4-6-14)23-20-24-17-9-7-15(11-18(17)26-20)25-16-8-10-19(21)22-12-16/h7-14H,2-6H2,1H3,(H2,21,22)(H,23,24)/t13-/m0/s1. The molecule has 0 radical (unpaired) electrons. The number of thiazole rings is 1. The summed E-state index contributed by atoms with van der Waals surface area (Å²) in [5.74, 6) is 2.69. The number of hydrogen-bond acceptors (Lipinski definition) is 6. The molecule has 1 saturated carbocycles. The Labute approximate surface area is 157 Å². The van der Waals surface area contributed by atoms with Gasteiger partial charge in [0.1, 0.15) is 17.3 Å². The highest BCUT2D eigenvalue weighted by atomic mass is 32.1. The molecule has 4 rings (SSSR count). The summed E-state index contributed by atoms with van der Waals surface area (Å²) in [6, 6.07) is 9.98. The third kappa shape index (κ3) is 3.90. The minimum Gasteiger partial charge on any atom is -0.456 e. The Morgan fingerprint density at radius 3 is 2.73 bits per heavy atom. The largest absolute Gasteiger partial charge is 0.456 e. The predicted octanol–water partition coefficient (Wildman–Crippen LogP) is 5.45. The van der Waals surface area contributed by atoms with Gasteiger partial charge in [0.05, 0.1) is 16.4 Å². The second-order valence-electron chi connectivity index (χ2n) is 7.00. The molecule has 3 aromatic rings. The van der Waals surface area contributed by atoms with Crippen molar-refractivity contribution in [2.24, 2.45) is 5.92 Å². The molecular weight excluding hydrogens is 344 g/mol. The first-order chi connectivity index (χ1) is 12.7. The maximum atomic E-state index is 5.87. The van der Waals surface area contributed by atoms with Gasteiger partial charge in [-0.15, -0.1) is 0 Å². The molecule has 1 fully saturated rings. The first kappa shape index (κ1) is 17.1. The predicted molar refractivity (Wildman–Crippen MR) is 108 cm³/mol. The molecule has 136 valence electrons. The normalized spacial score (nSPS) is 16.5. The third-order valence-electron chi connectivity index (χ3n) is 5.06. The van der Waals surface area contributed by atoms with E-state index in [0.29, 0.717) is 17.6 Å². The summed E-state index contributed by atoms with van der Waals surface area (Å²) in [4.78, 5) is 8.78. The lowest BCUT2D eigenvalue weighted by atomic mass is 9.85. The van der Waals surface area contributed by atoms with Gasteiger partial charge < -0.3 is 15.8 Å². The van der Waals surface area contributed by atoms with Crippen LogP contribution in [0.25, 0.3) is 10.2 Å². The van der Waals surface area contributed by atoms with Crippen molar-refractivity contribution < 1.29 is 4.74 Å². The highest BCUT2D eigenvalue weighted by Crippen LogP contribution is 2.33. The van der Waals surface area contributed by atoms with Crippen LogP contribution in [0.3, 0.4) is 0 Å². The molecular formula is C20H24N4OS. The highest BCUT2D eigenvalue weighted by Gasteiger charge is 2.20. The zero-order chi connectivity index (χ0) is 17.9. The number of nitrogen functional groups attached to an aromatic ring is 1. The monoisotopic (exact) mass is 368 g/mol. The molecule has 1 aromatic carbocycles. The van der Waals surface area contributed by atoms with Crippen LogP contribution >= 0.6 is 11.3 Å². The van der Waals surface area contributed by atoms with Crippen LogP contribution in [0.15, 0.2) is 36.5 Å². The van der Waals surface area contributed by atoms with Gasteiger partial charge in [-0.1, -0.05) is 30.6 Å². The van der Waals surface area contributed by atoms with Crippen LogP contribution in [0.4, 0.5) is 10.9 Å². The summed E-state index contributed by atoms with van der Waals surface area (Å²) >= 11 is 1.68. The van der Waals surface area contributed by atoms with Crippen molar-refractivity contribution in [2.75, 3.05) is 11.1 Å². The van der Waals surface area contributed by atoms with E-state index in [4.69, 9.17) is 15.5 Å². The second kappa shape index (κ2) is 7.50. The van der Waals surface area contributed by atoms with Gasteiger partial charge in [0, 0.05) is 12.1 Å². The Bertz CT molecular complexity index is 871. The van der Waals surface area contributed by atoms with Crippen LogP contribution in [-0.4, -0.2) is 16.0 Å². The van der Waals surface area contributed by atoms with Gasteiger partial charge in [-0.25, -0.2) is 9.97 Å². The summed E-state index contributed by atoms with van der Waals surface area (Å²) in [6.45, 7) is 2.28. The average Bonchev–Trinajstić information content (AvgIpc) is 3.06. The number of ether oxygens (including phenoxy) is 1. The van der Waals surface area contributed by atoms with E-state index in [-0.39, 0.29) is 0 Å². The summed E-state index contributed by atoms with van der Waals surface area (Å²) in [7, 11) is 0. The second-order valence-corrected chi connectivity index (χ2v) is 8.03. The quantitative estimate of drug-likeness (QED) is 0.627. The molecule has 1 atom stereocenters. The Hall–Kier alpha value is -2.34. The fourth-order valence-electron chi connectivity index (χ4n) is 3.57. The van der Waals surface area contributed by atoms with Crippen LogP contribution in [0.2, 0.25) is 0 Å². The molecule has 0 amide bonds. The molecule has 0 aliphatic heterocycles. The molecule has 3 N–H and O–H groups in total. The van der Waals surface area contributed by atoms with Gasteiger partial charge in [-0.2, -0.15) is 0 Å². The van der Waals surface area contributed by atoms with Gasteiger partial charge >= 0.3 is 0 Å². The van der Waals surface area contributed by atoms with Gasteiger partial charge in [-0.05, 0) is 49.9 Å². The zero-order valence-corrected chi connectivity index (χ0v) is 15.8. The van der Waals surface area contributed by atoms with E-state index >= 15 is 0 Å². The van der Waals surface area contributed by atoms with Gasteiger partial charge in [0.25, 0.3) is 0 Å². The summed E-state index contributed by atoms with van der Waals surface area (Å²) in [5.41, 5.74) is 6.61. The molecule has 0 unspecified atom stereocenters. The minimum atomic E-state index is 0.465. The Morgan fingerprint density at radius 1 is 1.15 bits per heavy atom. The number of aromatic nitrogens is 2. The third-order valence-corrected chi connectivity index (χ3v) is 6.01. The molecule has 6 heteroatoms. The van der Waals surface area contributed by atoms with Crippen molar-refractivity contribution in [3.05, 3.63) is 36.5 Å². The summed E-state index contributed by atoms with van der Waals surface area (Å²) < 4.78 is 6.98. The van der Waals surface area contributed by atoms with Crippen LogP contribution in [0, 0.1) is 5.92 Å². The van der Waals surface area contributed by atoms with Gasteiger partial charge in [0.2, 0.25) is 0 Å². The van der Waals surface area contributed by atoms with Crippen LogP contribution in [0.5, 0.6) is 11.5 Å². The van der Waals surface area contributed by atoms with Crippen LogP contribution in [0.1, 0.15) is 39.0 Å². The Kier molecular flexibility index (Phi) is 4.93. The number of hydrogen-bond donors (Lipinski definition) is 2. The molecule has 1 aliphatic rings. The molecule has 0 bridgehead atoms. The van der Waals surface area contributed by atoms with E-state index < -0.39 is 0 Å². The average molecular weight is 369 g/mol. The van der Waals surface area contributed by atoms with Gasteiger partial charge in [0.15, 0.2) is 5.13 Å². The molecule has 5 nitrogen and oxygen atoms in total. The highest BCUT2D eigenvalue weighted by molar-refractivity contribution is 7.22. The topological polar surface area (TPSA) is 73.1 Å². The van der Waals surface area contributed by atoms with Crippen molar-refractivity contribution in [1.82, 2.24) is 9.97 Å². The van der Waals surface area contributed by atoms with Gasteiger partial charge in [-0.3, -0.25) is 0 Å². The van der Waals surface area contributed by atoms with Crippen molar-refractivity contribution in [2.45, 2.75) is 45.1 Å². The molecule has 26 heavy (non-hydrogen) atoms. The van der Waals surface area contributed by atoms with E-state index in [0.717, 1.165) is 27.0 Å². The van der Waals surface area contributed by atoms with E-state index in [9.17, 15) is 0 Å². The smallest absolute Gasteiger partial charge is 0.184 e. The summed E-state index contributed by atoms with van der Waals surface area (Å²) in [6.07, 6.45) is 8.38. The maximum absolute atomic E-state index is 5.87.